The molecule has 1 rings (SSSR count). The summed E-state index contributed by atoms with van der Waals surface area (Å²) in [6.45, 7) is 0.596. The smallest absolute Gasteiger partial charge is 0.135 e. The van der Waals surface area contributed by atoms with Crippen LogP contribution in [0.15, 0.2) is 30.3 Å². The second-order valence-corrected chi connectivity index (χ2v) is 2.63. The lowest BCUT2D eigenvalue weighted by molar-refractivity contribution is 0.0649. The highest BCUT2D eigenvalue weighted by molar-refractivity contribution is 5.14. The zero-order valence-corrected chi connectivity index (χ0v) is 6.66. The van der Waals surface area contributed by atoms with Crippen LogP contribution in [0.4, 0.5) is 0 Å². The molecule has 0 aliphatic rings. The lowest BCUT2D eigenvalue weighted by Gasteiger charge is -2.10. The van der Waals surface area contributed by atoms with Crippen LogP contribution < -0.4 is 0 Å². The molecule has 0 fully saturated rings. The first-order chi connectivity index (χ1) is 5.33. The van der Waals surface area contributed by atoms with E-state index in [1.54, 1.807) is 4.90 Å². The number of nitrogens with zero attached hydrogens (tertiary/aromatic N) is 1. The van der Waals surface area contributed by atoms with E-state index >= 15 is 0 Å². The molecule has 0 heterocycles. The summed E-state index contributed by atoms with van der Waals surface area (Å²) in [5.74, 6) is 0. The van der Waals surface area contributed by atoms with Gasteiger partial charge in [0.15, 0.2) is 0 Å². The third-order valence-corrected chi connectivity index (χ3v) is 1.52. The van der Waals surface area contributed by atoms with Crippen LogP contribution >= 0.6 is 0 Å². The van der Waals surface area contributed by atoms with Crippen molar-refractivity contribution < 1.29 is 5.11 Å². The van der Waals surface area contributed by atoms with Gasteiger partial charge in [-0.05, 0) is 12.6 Å². The van der Waals surface area contributed by atoms with Crippen molar-refractivity contribution in [1.82, 2.24) is 4.90 Å². The molecule has 0 aliphatic heterocycles. The average Bonchev–Trinajstić information content (AvgIpc) is 2.06. The minimum Gasteiger partial charge on any atom is -0.277 e. The van der Waals surface area contributed by atoms with Crippen LogP contribution in [0.25, 0.3) is 0 Å². The minimum atomic E-state index is -0.144. The monoisotopic (exact) mass is 150 g/mol. The van der Waals surface area contributed by atoms with Crippen molar-refractivity contribution >= 4 is 0 Å². The van der Waals surface area contributed by atoms with Crippen LogP contribution in [0.5, 0.6) is 0 Å². The summed E-state index contributed by atoms with van der Waals surface area (Å²) in [5.41, 5.74) is 1.19. The molecule has 0 saturated heterocycles. The van der Waals surface area contributed by atoms with E-state index in [-0.39, 0.29) is 6.73 Å². The fraction of sp³-hybridized carbons (Fsp3) is 0.333. The van der Waals surface area contributed by atoms with E-state index in [4.69, 9.17) is 0 Å². The Kier molecular flexibility index (Phi) is 3.08. The highest BCUT2D eigenvalue weighted by Crippen LogP contribution is 2.00. The zero-order chi connectivity index (χ0) is 8.10. The second-order valence-electron chi connectivity index (χ2n) is 2.63. The molecule has 1 aromatic rings. The first-order valence-corrected chi connectivity index (χ1v) is 3.63. The van der Waals surface area contributed by atoms with Gasteiger partial charge in [0.1, 0.15) is 6.73 Å². The van der Waals surface area contributed by atoms with Crippen LogP contribution in [0.2, 0.25) is 0 Å². The maximum absolute atomic E-state index is 10.4. The van der Waals surface area contributed by atoms with Gasteiger partial charge in [-0.2, -0.15) is 0 Å². The normalized spacial score (nSPS) is 10.5. The Morgan fingerprint density at radius 1 is 1.27 bits per heavy atom. The number of hydrogen-bond acceptors (Lipinski definition) is 1. The third-order valence-electron chi connectivity index (χ3n) is 1.52. The van der Waals surface area contributed by atoms with Crippen LogP contribution in [0, 0.1) is 0 Å². The van der Waals surface area contributed by atoms with Gasteiger partial charge in [0, 0.05) is 6.54 Å². The molecule has 0 aliphatic carbocycles. The van der Waals surface area contributed by atoms with Gasteiger partial charge < -0.3 is 0 Å². The van der Waals surface area contributed by atoms with Crippen molar-refractivity contribution in [3.63, 3.8) is 0 Å². The Morgan fingerprint density at radius 3 is 2.45 bits per heavy atom. The average molecular weight is 150 g/mol. The largest absolute Gasteiger partial charge is 0.277 e. The zero-order valence-electron chi connectivity index (χ0n) is 6.66. The fourth-order valence-corrected chi connectivity index (χ4v) is 0.941. The summed E-state index contributed by atoms with van der Waals surface area (Å²) in [5, 5.41) is 10.4. The topological polar surface area (TPSA) is 23.1 Å². The summed E-state index contributed by atoms with van der Waals surface area (Å²) in [7, 11) is 1.82. The van der Waals surface area contributed by atoms with E-state index in [1.807, 2.05) is 37.4 Å². The van der Waals surface area contributed by atoms with Gasteiger partial charge in [0.05, 0.1) is 0 Å². The molecule has 59 valence electrons. The Labute approximate surface area is 67.1 Å². The highest BCUT2D eigenvalue weighted by Gasteiger charge is 1.96. The molecule has 11 heavy (non-hydrogen) atoms. The quantitative estimate of drug-likeness (QED) is 0.599. The third kappa shape index (κ3) is 2.70. The summed E-state index contributed by atoms with van der Waals surface area (Å²) in [4.78, 5) is 1.73. The van der Waals surface area contributed by atoms with Gasteiger partial charge in [-0.1, -0.05) is 30.3 Å². The molecule has 0 bridgehead atoms. The molecule has 0 N–H and O–H groups in total. The predicted octanol–water partition coefficient (Wildman–Crippen LogP) is 1.51. The van der Waals surface area contributed by atoms with Gasteiger partial charge in [0.2, 0.25) is 0 Å². The molecular formula is C9H12NO. The lowest BCUT2D eigenvalue weighted by atomic mass is 10.2. The summed E-state index contributed by atoms with van der Waals surface area (Å²) in [6, 6.07) is 9.97. The molecular weight excluding hydrogens is 138 g/mol. The van der Waals surface area contributed by atoms with Gasteiger partial charge in [0.25, 0.3) is 0 Å². The molecule has 0 spiro atoms. The van der Waals surface area contributed by atoms with E-state index in [2.05, 4.69) is 0 Å². The van der Waals surface area contributed by atoms with Gasteiger partial charge in [-0.3, -0.25) is 4.90 Å². The van der Waals surface area contributed by atoms with Crippen molar-refractivity contribution in [3.8, 4) is 0 Å². The maximum atomic E-state index is 10.4. The maximum Gasteiger partial charge on any atom is 0.135 e. The minimum absolute atomic E-state index is 0.144. The first-order valence-electron chi connectivity index (χ1n) is 3.63. The summed E-state index contributed by atoms with van der Waals surface area (Å²) >= 11 is 0. The van der Waals surface area contributed by atoms with Crippen molar-refractivity contribution in [1.29, 1.82) is 0 Å². The van der Waals surface area contributed by atoms with Gasteiger partial charge in [-0.15, -0.1) is 0 Å². The number of benzene rings is 1. The predicted molar refractivity (Wildman–Crippen MR) is 43.5 cm³/mol. The van der Waals surface area contributed by atoms with E-state index in [9.17, 15) is 5.11 Å². The molecule has 0 saturated carbocycles. The molecule has 1 radical (unpaired) electrons. The van der Waals surface area contributed by atoms with E-state index < -0.39 is 0 Å². The van der Waals surface area contributed by atoms with Crippen molar-refractivity contribution in [2.45, 2.75) is 6.54 Å². The Bertz CT molecular complexity index is 198. The van der Waals surface area contributed by atoms with E-state index in [0.29, 0.717) is 0 Å². The van der Waals surface area contributed by atoms with Crippen LogP contribution in [0.1, 0.15) is 5.56 Å². The van der Waals surface area contributed by atoms with Crippen LogP contribution in [-0.2, 0) is 11.7 Å². The molecule has 0 aromatic heterocycles. The first kappa shape index (κ1) is 8.24. The lowest BCUT2D eigenvalue weighted by Crippen LogP contribution is -2.17. The van der Waals surface area contributed by atoms with Crippen molar-refractivity contribution in [3.05, 3.63) is 35.9 Å². The Morgan fingerprint density at radius 2 is 1.91 bits per heavy atom. The van der Waals surface area contributed by atoms with Gasteiger partial charge >= 0.3 is 0 Å². The van der Waals surface area contributed by atoms with Crippen molar-refractivity contribution in [2.75, 3.05) is 13.8 Å². The molecule has 2 nitrogen and oxygen atoms in total. The summed E-state index contributed by atoms with van der Waals surface area (Å²) < 4.78 is 0. The van der Waals surface area contributed by atoms with E-state index in [0.717, 1.165) is 6.54 Å². The van der Waals surface area contributed by atoms with Crippen molar-refractivity contribution in [2.24, 2.45) is 0 Å². The fourth-order valence-electron chi connectivity index (χ4n) is 0.941. The van der Waals surface area contributed by atoms with E-state index in [1.165, 1.54) is 5.56 Å². The number of hydrogen-bond donors (Lipinski definition) is 0. The Balaban J connectivity index is 2.51. The van der Waals surface area contributed by atoms with Gasteiger partial charge in [-0.25, -0.2) is 5.11 Å². The standard InChI is InChI=1S/C9H12NO/c1-10(8-11)7-9-5-3-2-4-6-9/h2-6H,7-8H2,1H3. The summed E-state index contributed by atoms with van der Waals surface area (Å²) in [6.07, 6.45) is 0. The SMILES string of the molecule is CN(C[O])Cc1ccccc1. The molecule has 2 heteroatoms. The van der Waals surface area contributed by atoms with Crippen LogP contribution in [0.3, 0.4) is 0 Å². The second kappa shape index (κ2) is 4.11. The molecule has 1 aromatic carbocycles. The van der Waals surface area contributed by atoms with Crippen LogP contribution in [-0.4, -0.2) is 18.7 Å². The Hall–Kier alpha value is -0.860. The molecule has 0 atom stereocenters. The highest BCUT2D eigenvalue weighted by atomic mass is 16.3. The molecule has 0 amide bonds. The number of rotatable bonds is 3. The molecule has 0 unspecified atom stereocenters.